The van der Waals surface area contributed by atoms with Crippen LogP contribution < -0.4 is 20.3 Å². The summed E-state index contributed by atoms with van der Waals surface area (Å²) in [4.78, 5) is 18.2. The number of rotatable bonds is 11. The van der Waals surface area contributed by atoms with Crippen LogP contribution in [-0.4, -0.2) is 62.7 Å². The quantitative estimate of drug-likeness (QED) is 0.299. The fourth-order valence-electron chi connectivity index (χ4n) is 6.74. The van der Waals surface area contributed by atoms with Crippen molar-refractivity contribution in [1.82, 2.24) is 15.5 Å². The second-order valence-corrected chi connectivity index (χ2v) is 12.4. The largest absolute Gasteiger partial charge is 0.496 e. The molecule has 6 nitrogen and oxygen atoms in total. The van der Waals surface area contributed by atoms with Gasteiger partial charge in [-0.05, 0) is 85.1 Å². The predicted molar refractivity (Wildman–Crippen MR) is 171 cm³/mol. The van der Waals surface area contributed by atoms with Gasteiger partial charge in [0, 0.05) is 50.9 Å². The highest BCUT2D eigenvalue weighted by Gasteiger charge is 2.41. The van der Waals surface area contributed by atoms with Crippen molar-refractivity contribution in [2.75, 3.05) is 38.7 Å². The van der Waals surface area contributed by atoms with E-state index in [0.717, 1.165) is 84.3 Å². The molecular weight excluding hydrogens is 558 g/mol. The lowest BCUT2D eigenvalue weighted by atomic mass is 9.83. The first kappa shape index (κ1) is 30.3. The monoisotopic (exact) mass is 600 g/mol. The Labute approximate surface area is 259 Å². The van der Waals surface area contributed by atoms with Gasteiger partial charge < -0.3 is 25.2 Å². The first-order valence-corrected chi connectivity index (χ1v) is 15.7. The molecule has 44 heavy (non-hydrogen) atoms. The van der Waals surface area contributed by atoms with Crippen LogP contribution in [0.5, 0.6) is 5.75 Å². The Hall–Kier alpha value is -3.75. The van der Waals surface area contributed by atoms with E-state index in [2.05, 4.69) is 52.8 Å². The molecule has 2 aliphatic heterocycles. The first-order chi connectivity index (χ1) is 21.3. The topological polar surface area (TPSA) is 56.8 Å². The van der Waals surface area contributed by atoms with Crippen molar-refractivity contribution in [3.63, 3.8) is 0 Å². The van der Waals surface area contributed by atoms with E-state index >= 15 is 0 Å². The number of fused-ring (bicyclic) bond motifs is 2. The lowest BCUT2D eigenvalue weighted by Gasteiger charge is -2.41. The van der Waals surface area contributed by atoms with Crippen LogP contribution in [0.2, 0.25) is 0 Å². The fourth-order valence-corrected chi connectivity index (χ4v) is 6.74. The van der Waals surface area contributed by atoms with Gasteiger partial charge in [-0.25, -0.2) is 8.78 Å². The molecule has 8 heteroatoms. The summed E-state index contributed by atoms with van der Waals surface area (Å²) in [6.07, 6.45) is 4.40. The Morgan fingerprint density at radius 3 is 2.43 bits per heavy atom. The summed E-state index contributed by atoms with van der Waals surface area (Å²) in [7, 11) is 3.41. The van der Waals surface area contributed by atoms with Gasteiger partial charge in [-0.2, -0.15) is 0 Å². The van der Waals surface area contributed by atoms with E-state index < -0.39 is 11.6 Å². The van der Waals surface area contributed by atoms with Gasteiger partial charge in [0.25, 0.3) is 5.91 Å². The highest BCUT2D eigenvalue weighted by atomic mass is 19.1. The minimum absolute atomic E-state index is 0.0136. The molecule has 1 saturated heterocycles. The van der Waals surface area contributed by atoms with Crippen molar-refractivity contribution >= 4 is 17.2 Å². The molecule has 3 aliphatic rings. The maximum atomic E-state index is 14.5. The van der Waals surface area contributed by atoms with E-state index in [1.165, 1.54) is 18.2 Å². The van der Waals surface area contributed by atoms with Crippen molar-refractivity contribution in [2.45, 2.75) is 63.7 Å². The molecular formula is C36H42F2N4O2. The molecule has 3 aromatic rings. The van der Waals surface area contributed by atoms with Crippen molar-refractivity contribution in [1.29, 1.82) is 0 Å². The molecule has 2 N–H and O–H groups in total. The van der Waals surface area contributed by atoms with Crippen LogP contribution in [0.1, 0.15) is 47.9 Å². The van der Waals surface area contributed by atoms with E-state index in [9.17, 15) is 13.6 Å². The van der Waals surface area contributed by atoms with Crippen LogP contribution in [0, 0.1) is 18.6 Å². The number of methoxy groups -OCH3 is 1. The number of carbonyl (C=O) groups is 1. The van der Waals surface area contributed by atoms with E-state index in [0.29, 0.717) is 13.1 Å². The highest BCUT2D eigenvalue weighted by Crippen LogP contribution is 2.37. The Bertz CT molecular complexity index is 1520. The maximum absolute atomic E-state index is 14.5. The van der Waals surface area contributed by atoms with Crippen molar-refractivity contribution in [2.24, 2.45) is 0 Å². The van der Waals surface area contributed by atoms with Crippen LogP contribution in [0.3, 0.4) is 0 Å². The minimum atomic E-state index is -0.545. The number of amides is 1. The van der Waals surface area contributed by atoms with E-state index in [4.69, 9.17) is 4.74 Å². The summed E-state index contributed by atoms with van der Waals surface area (Å²) in [5.41, 5.74) is 6.47. The number of nitrogens with one attached hydrogen (secondary N) is 2. The average Bonchev–Trinajstić information content (AvgIpc) is 3.86. The number of hydrogen-bond donors (Lipinski definition) is 2. The molecule has 1 aliphatic carbocycles. The van der Waals surface area contributed by atoms with Crippen LogP contribution in [0.4, 0.5) is 14.5 Å². The summed E-state index contributed by atoms with van der Waals surface area (Å²) in [5.74, 6) is -0.125. The van der Waals surface area contributed by atoms with Gasteiger partial charge in [0.2, 0.25) is 0 Å². The second kappa shape index (κ2) is 13.1. The molecule has 232 valence electrons. The zero-order valence-corrected chi connectivity index (χ0v) is 25.8. The molecule has 0 spiro atoms. The fraction of sp³-hybridized carbons (Fsp3) is 0.417. The molecule has 3 aromatic carbocycles. The number of para-hydroxylation sites is 1. The van der Waals surface area contributed by atoms with Crippen LogP contribution >= 0.6 is 0 Å². The molecule has 0 unspecified atom stereocenters. The van der Waals surface area contributed by atoms with Crippen LogP contribution in [0.15, 0.2) is 66.2 Å². The molecule has 0 radical (unpaired) electrons. The molecule has 1 saturated carbocycles. The highest BCUT2D eigenvalue weighted by molar-refractivity contribution is 6.03. The van der Waals surface area contributed by atoms with Crippen molar-refractivity contribution < 1.29 is 18.3 Å². The number of benzene rings is 3. The Balaban J connectivity index is 1.21. The summed E-state index contributed by atoms with van der Waals surface area (Å²) in [5, 5.41) is 7.24. The minimum Gasteiger partial charge on any atom is -0.496 e. The number of aryl methyl sites for hydroxylation is 1. The predicted octanol–water partition coefficient (Wildman–Crippen LogP) is 5.63. The second-order valence-electron chi connectivity index (χ2n) is 12.4. The third kappa shape index (κ3) is 6.37. The van der Waals surface area contributed by atoms with Gasteiger partial charge >= 0.3 is 0 Å². The average molecular weight is 601 g/mol. The summed E-state index contributed by atoms with van der Waals surface area (Å²) in [6.45, 7) is 4.77. The lowest BCUT2D eigenvalue weighted by Crippen LogP contribution is -2.60. The molecule has 2 heterocycles. The SMILES string of the molecule is COc1cccc(CN(C(=O)C2=C(c3ccc(CCCN(C)c4c(F)cccc4F)cc3)C[C@H]3CNC[C@H]2N3)C2CC2)c1C. The van der Waals surface area contributed by atoms with E-state index in [-0.39, 0.29) is 29.7 Å². The lowest BCUT2D eigenvalue weighted by molar-refractivity contribution is -0.128. The van der Waals surface area contributed by atoms with E-state index in [1.54, 1.807) is 19.1 Å². The van der Waals surface area contributed by atoms with Crippen molar-refractivity contribution in [3.05, 3.63) is 100 Å². The van der Waals surface area contributed by atoms with Crippen molar-refractivity contribution in [3.8, 4) is 5.75 Å². The maximum Gasteiger partial charge on any atom is 0.252 e. The number of piperazine rings is 1. The number of carbonyl (C=O) groups excluding carboxylic acids is 1. The Morgan fingerprint density at radius 1 is 1.00 bits per heavy atom. The summed E-state index contributed by atoms with van der Waals surface area (Å²) in [6, 6.07) is 19.1. The zero-order valence-electron chi connectivity index (χ0n) is 25.8. The molecule has 2 fully saturated rings. The van der Waals surface area contributed by atoms with Gasteiger partial charge in [0.15, 0.2) is 0 Å². The molecule has 2 bridgehead atoms. The zero-order chi connectivity index (χ0) is 30.8. The first-order valence-electron chi connectivity index (χ1n) is 15.7. The normalized spacial score (nSPS) is 19.6. The molecule has 6 rings (SSSR count). The third-order valence-corrected chi connectivity index (χ3v) is 9.32. The third-order valence-electron chi connectivity index (χ3n) is 9.32. The summed E-state index contributed by atoms with van der Waals surface area (Å²) >= 11 is 0. The van der Waals surface area contributed by atoms with Gasteiger partial charge in [0.05, 0.1) is 13.2 Å². The standard InChI is InChI=1S/C36H42F2N4O2/c1-23-26(8-4-11-33(23)44-3)22-42(28-16-17-28)36(43)34-29(19-27-20-39-21-32(34)40-27)25-14-12-24(13-15-25)7-6-18-41(2)35-30(37)9-5-10-31(35)38/h4-5,8-15,27-28,32,39-40H,6-7,16-22H2,1-3H3/t27-,32+/m0/s1. The van der Waals surface area contributed by atoms with Gasteiger partial charge in [-0.3, -0.25) is 4.79 Å². The molecule has 2 atom stereocenters. The van der Waals surface area contributed by atoms with Crippen LogP contribution in [0.25, 0.3) is 5.57 Å². The van der Waals surface area contributed by atoms with Gasteiger partial charge in [-0.1, -0.05) is 42.5 Å². The smallest absolute Gasteiger partial charge is 0.252 e. The van der Waals surface area contributed by atoms with Gasteiger partial charge in [-0.15, -0.1) is 0 Å². The molecule has 1 amide bonds. The number of halogens is 2. The molecule has 0 aromatic heterocycles. The number of nitrogens with zero attached hydrogens (tertiary/aromatic N) is 2. The Kier molecular flexibility index (Phi) is 9.01. The Morgan fingerprint density at radius 2 is 1.73 bits per heavy atom. The van der Waals surface area contributed by atoms with E-state index in [1.807, 2.05) is 12.1 Å². The number of anilines is 1. The van der Waals surface area contributed by atoms with Crippen LogP contribution in [-0.2, 0) is 17.8 Å². The summed E-state index contributed by atoms with van der Waals surface area (Å²) < 4.78 is 33.9. The number of hydrogen-bond acceptors (Lipinski definition) is 5. The number of ether oxygens (including phenoxy) is 1. The van der Waals surface area contributed by atoms with Gasteiger partial charge in [0.1, 0.15) is 23.1 Å².